The van der Waals surface area contributed by atoms with E-state index >= 15 is 0 Å². The van der Waals surface area contributed by atoms with Crippen molar-refractivity contribution in [3.63, 3.8) is 0 Å². The molecule has 0 aliphatic carbocycles. The van der Waals surface area contributed by atoms with E-state index in [-0.39, 0.29) is 0 Å². The van der Waals surface area contributed by atoms with E-state index in [0.29, 0.717) is 21.3 Å². The lowest BCUT2D eigenvalue weighted by Crippen LogP contribution is -1.92. The van der Waals surface area contributed by atoms with Crippen molar-refractivity contribution < 1.29 is 4.74 Å². The Bertz CT molecular complexity index is 751. The lowest BCUT2D eigenvalue weighted by Gasteiger charge is -2.07. The lowest BCUT2D eigenvalue weighted by molar-refractivity contribution is 0.457. The Balaban J connectivity index is 1.99. The van der Waals surface area contributed by atoms with Gasteiger partial charge in [0.2, 0.25) is 5.88 Å². The van der Waals surface area contributed by atoms with Crippen LogP contribution in [0.3, 0.4) is 0 Å². The largest absolute Gasteiger partial charge is 0.436 e. The molecule has 19 heavy (non-hydrogen) atoms. The molecular weight excluding hydrogens is 330 g/mol. The topological polar surface area (TPSA) is 47.9 Å². The third-order valence-electron chi connectivity index (χ3n) is 2.49. The van der Waals surface area contributed by atoms with Crippen molar-refractivity contribution in [2.24, 2.45) is 0 Å². The van der Waals surface area contributed by atoms with E-state index in [2.05, 4.69) is 30.9 Å². The van der Waals surface area contributed by atoms with E-state index in [9.17, 15) is 0 Å². The van der Waals surface area contributed by atoms with Crippen LogP contribution in [0.5, 0.6) is 11.6 Å². The van der Waals surface area contributed by atoms with Gasteiger partial charge in [0.25, 0.3) is 0 Å². The zero-order valence-corrected chi connectivity index (χ0v) is 11.9. The van der Waals surface area contributed by atoms with Gasteiger partial charge in [-0.25, -0.2) is 9.97 Å². The van der Waals surface area contributed by atoms with Gasteiger partial charge in [-0.05, 0) is 28.1 Å². The third kappa shape index (κ3) is 2.52. The average Bonchev–Trinajstić information content (AvgIpc) is 2.44. The number of nitrogens with zero attached hydrogens (tertiary/aromatic N) is 3. The Morgan fingerprint density at radius 2 is 1.95 bits per heavy atom. The van der Waals surface area contributed by atoms with E-state index in [4.69, 9.17) is 16.3 Å². The van der Waals surface area contributed by atoms with Crippen molar-refractivity contribution in [1.82, 2.24) is 15.0 Å². The van der Waals surface area contributed by atoms with Gasteiger partial charge >= 0.3 is 0 Å². The number of hydrogen-bond donors (Lipinski definition) is 0. The number of benzene rings is 1. The summed E-state index contributed by atoms with van der Waals surface area (Å²) in [6.07, 6.45) is 2.99. The predicted molar refractivity (Wildman–Crippen MR) is 76.6 cm³/mol. The van der Waals surface area contributed by atoms with Crippen LogP contribution in [0.4, 0.5) is 0 Å². The monoisotopic (exact) mass is 335 g/mol. The first kappa shape index (κ1) is 12.3. The summed E-state index contributed by atoms with van der Waals surface area (Å²) < 4.78 is 6.17. The summed E-state index contributed by atoms with van der Waals surface area (Å²) in [5, 5.41) is 1.30. The fraction of sp³-hybridized carbons (Fsp3) is 0. The van der Waals surface area contributed by atoms with Crippen LogP contribution in [-0.4, -0.2) is 15.0 Å². The third-order valence-corrected chi connectivity index (χ3v) is 3.72. The molecule has 2 aromatic heterocycles. The standard InChI is InChI=1S/C13H7BrClN3O/c14-11-12(15)17-7-18-13(11)19-9-5-8-3-1-2-4-10(8)16-6-9/h1-7H. The van der Waals surface area contributed by atoms with Gasteiger partial charge in [-0.2, -0.15) is 0 Å². The minimum absolute atomic E-state index is 0.304. The molecule has 94 valence electrons. The number of pyridine rings is 1. The highest BCUT2D eigenvalue weighted by Gasteiger charge is 2.09. The first-order valence-electron chi connectivity index (χ1n) is 5.43. The van der Waals surface area contributed by atoms with Gasteiger partial charge < -0.3 is 4.74 Å². The summed E-state index contributed by atoms with van der Waals surface area (Å²) in [4.78, 5) is 12.2. The predicted octanol–water partition coefficient (Wildman–Crippen LogP) is 4.23. The van der Waals surface area contributed by atoms with E-state index < -0.39 is 0 Å². The van der Waals surface area contributed by atoms with Gasteiger partial charge in [0.15, 0.2) is 5.15 Å². The maximum absolute atomic E-state index is 5.88. The summed E-state index contributed by atoms with van der Waals surface area (Å²) in [5.41, 5.74) is 0.912. The van der Waals surface area contributed by atoms with Crippen LogP contribution in [0.25, 0.3) is 10.9 Å². The first-order valence-corrected chi connectivity index (χ1v) is 6.60. The van der Waals surface area contributed by atoms with Crippen molar-refractivity contribution in [2.45, 2.75) is 0 Å². The van der Waals surface area contributed by atoms with Crippen LogP contribution in [0, 0.1) is 0 Å². The second kappa shape index (κ2) is 5.11. The molecule has 0 N–H and O–H groups in total. The Morgan fingerprint density at radius 3 is 2.84 bits per heavy atom. The number of rotatable bonds is 2. The minimum atomic E-state index is 0.304. The molecule has 3 aromatic rings. The van der Waals surface area contributed by atoms with Crippen LogP contribution in [0.1, 0.15) is 0 Å². The molecule has 0 amide bonds. The van der Waals surface area contributed by atoms with Crippen molar-refractivity contribution in [1.29, 1.82) is 0 Å². The molecule has 0 radical (unpaired) electrons. The highest BCUT2D eigenvalue weighted by atomic mass is 79.9. The smallest absolute Gasteiger partial charge is 0.238 e. The van der Waals surface area contributed by atoms with Gasteiger partial charge in [0.1, 0.15) is 16.5 Å². The van der Waals surface area contributed by atoms with Gasteiger partial charge in [-0.1, -0.05) is 29.8 Å². The van der Waals surface area contributed by atoms with E-state index in [1.807, 2.05) is 30.3 Å². The van der Waals surface area contributed by atoms with E-state index in [1.165, 1.54) is 6.33 Å². The summed E-state index contributed by atoms with van der Waals surface area (Å²) in [5.74, 6) is 0.950. The van der Waals surface area contributed by atoms with Crippen molar-refractivity contribution in [3.8, 4) is 11.6 Å². The Morgan fingerprint density at radius 1 is 1.11 bits per heavy atom. The molecule has 1 aromatic carbocycles. The number of aromatic nitrogens is 3. The maximum Gasteiger partial charge on any atom is 0.238 e. The zero-order valence-electron chi connectivity index (χ0n) is 9.55. The first-order chi connectivity index (χ1) is 9.24. The average molecular weight is 337 g/mol. The maximum atomic E-state index is 5.88. The van der Waals surface area contributed by atoms with Gasteiger partial charge in [0.05, 0.1) is 11.7 Å². The molecule has 6 heteroatoms. The van der Waals surface area contributed by atoms with Crippen LogP contribution >= 0.6 is 27.5 Å². The van der Waals surface area contributed by atoms with Crippen molar-refractivity contribution >= 4 is 38.4 Å². The molecule has 0 aliphatic heterocycles. The van der Waals surface area contributed by atoms with Crippen LogP contribution in [0.15, 0.2) is 47.3 Å². The Labute approximate surface area is 122 Å². The zero-order chi connectivity index (χ0) is 13.2. The number of fused-ring (bicyclic) bond motifs is 1. The molecule has 0 saturated heterocycles. The molecule has 0 aliphatic rings. The van der Waals surface area contributed by atoms with Crippen LogP contribution < -0.4 is 4.74 Å². The molecule has 3 rings (SSSR count). The van der Waals surface area contributed by atoms with Crippen LogP contribution in [0.2, 0.25) is 5.15 Å². The fourth-order valence-corrected chi connectivity index (χ4v) is 2.03. The highest BCUT2D eigenvalue weighted by Crippen LogP contribution is 2.31. The van der Waals surface area contributed by atoms with Crippen molar-refractivity contribution in [3.05, 3.63) is 52.5 Å². The SMILES string of the molecule is Clc1ncnc(Oc2cnc3ccccc3c2)c1Br. The van der Waals surface area contributed by atoms with Gasteiger partial charge in [-0.15, -0.1) is 0 Å². The number of ether oxygens (including phenoxy) is 1. The molecule has 4 nitrogen and oxygen atoms in total. The molecule has 0 fully saturated rings. The van der Waals surface area contributed by atoms with E-state index in [1.54, 1.807) is 6.20 Å². The highest BCUT2D eigenvalue weighted by molar-refractivity contribution is 9.10. The number of halogens is 2. The molecule has 0 spiro atoms. The van der Waals surface area contributed by atoms with Gasteiger partial charge in [0, 0.05) is 5.39 Å². The fourth-order valence-electron chi connectivity index (χ4n) is 1.62. The summed E-state index contributed by atoms with van der Waals surface area (Å²) >= 11 is 9.17. The molecule has 0 unspecified atom stereocenters. The number of hydrogen-bond acceptors (Lipinski definition) is 4. The Kier molecular flexibility index (Phi) is 3.31. The molecule has 2 heterocycles. The number of para-hydroxylation sites is 1. The molecule has 0 saturated carbocycles. The normalized spacial score (nSPS) is 10.6. The summed E-state index contributed by atoms with van der Waals surface area (Å²) in [6, 6.07) is 9.69. The summed E-state index contributed by atoms with van der Waals surface area (Å²) in [7, 11) is 0. The second-order valence-corrected chi connectivity index (χ2v) is 4.90. The Hall–Kier alpha value is -1.72. The summed E-state index contributed by atoms with van der Waals surface area (Å²) in [6.45, 7) is 0. The molecular formula is C13H7BrClN3O. The van der Waals surface area contributed by atoms with Crippen molar-refractivity contribution in [2.75, 3.05) is 0 Å². The molecule has 0 atom stereocenters. The molecule has 0 bridgehead atoms. The van der Waals surface area contributed by atoms with Crippen LogP contribution in [-0.2, 0) is 0 Å². The second-order valence-electron chi connectivity index (χ2n) is 3.75. The van der Waals surface area contributed by atoms with Gasteiger partial charge in [-0.3, -0.25) is 4.98 Å². The lowest BCUT2D eigenvalue weighted by atomic mass is 10.2. The quantitative estimate of drug-likeness (QED) is 0.657. The van der Waals surface area contributed by atoms with E-state index in [0.717, 1.165) is 10.9 Å². The minimum Gasteiger partial charge on any atom is -0.436 e.